The van der Waals surface area contributed by atoms with Crippen LogP contribution in [-0.2, 0) is 12.5 Å². The molecule has 2 aromatic carbocycles. The molecule has 1 amide bonds. The summed E-state index contributed by atoms with van der Waals surface area (Å²) in [5.74, 6) is 0.490. The summed E-state index contributed by atoms with van der Waals surface area (Å²) in [5.41, 5.74) is 5.56. The van der Waals surface area contributed by atoms with Crippen LogP contribution in [0.1, 0.15) is 47.1 Å². The minimum Gasteiger partial charge on any atom is -0.335 e. The molecule has 0 bridgehead atoms. The Hall–Kier alpha value is -3.71. The van der Waals surface area contributed by atoms with Crippen molar-refractivity contribution in [1.82, 2.24) is 8.94 Å². The average molecular weight is 487 g/mol. The zero-order valence-corrected chi connectivity index (χ0v) is 21.7. The van der Waals surface area contributed by atoms with E-state index in [1.165, 1.54) is 17.1 Å². The van der Waals surface area contributed by atoms with Gasteiger partial charge in [-0.1, -0.05) is 45.0 Å². The van der Waals surface area contributed by atoms with Crippen molar-refractivity contribution in [3.63, 3.8) is 0 Å². The maximum atomic E-state index is 13.0. The fraction of sp³-hybridized carbons (Fsp3) is 0.250. The number of nitrogens with one attached hydrogen (secondary N) is 2. The van der Waals surface area contributed by atoms with Gasteiger partial charge in [0.05, 0.1) is 0 Å². The first-order chi connectivity index (χ1) is 16.5. The van der Waals surface area contributed by atoms with Gasteiger partial charge in [-0.25, -0.2) is 0 Å². The number of hydrogen-bond acceptors (Lipinski definition) is 5. The molecule has 0 aliphatic heterocycles. The van der Waals surface area contributed by atoms with Gasteiger partial charge in [-0.3, -0.25) is 9.59 Å². The zero-order valence-electron chi connectivity index (χ0n) is 20.9. The Kier molecular flexibility index (Phi) is 6.63. The minimum absolute atomic E-state index is 0.0295. The van der Waals surface area contributed by atoms with Gasteiger partial charge in [0, 0.05) is 34.9 Å². The predicted octanol–water partition coefficient (Wildman–Crippen LogP) is 6.42. The highest BCUT2D eigenvalue weighted by Gasteiger charge is 2.16. The van der Waals surface area contributed by atoms with Gasteiger partial charge in [-0.05, 0) is 77.8 Å². The lowest BCUT2D eigenvalue weighted by Crippen LogP contribution is -2.19. The van der Waals surface area contributed by atoms with Gasteiger partial charge in [-0.15, -0.1) is 0 Å². The molecule has 0 saturated heterocycles. The number of nitrogens with zero attached hydrogens (tertiary/aromatic N) is 2. The van der Waals surface area contributed by atoms with Crippen LogP contribution in [0.2, 0.25) is 0 Å². The second-order valence-electron chi connectivity index (χ2n) is 9.77. The molecule has 0 aliphatic carbocycles. The molecular weight excluding hydrogens is 456 g/mol. The number of pyridine rings is 1. The number of aromatic nitrogens is 2. The number of aryl methyl sites for hydroxylation is 2. The van der Waals surface area contributed by atoms with Gasteiger partial charge in [-0.2, -0.15) is 4.37 Å². The van der Waals surface area contributed by atoms with E-state index in [-0.39, 0.29) is 16.9 Å². The lowest BCUT2D eigenvalue weighted by molar-refractivity contribution is 0.102. The summed E-state index contributed by atoms with van der Waals surface area (Å²) in [7, 11) is 1.73. The van der Waals surface area contributed by atoms with Crippen molar-refractivity contribution in [3.05, 3.63) is 92.7 Å². The van der Waals surface area contributed by atoms with Crippen molar-refractivity contribution < 1.29 is 4.79 Å². The molecule has 4 aromatic rings. The van der Waals surface area contributed by atoms with Gasteiger partial charge in [0.1, 0.15) is 11.5 Å². The van der Waals surface area contributed by atoms with Crippen molar-refractivity contribution in [2.24, 2.45) is 7.05 Å². The summed E-state index contributed by atoms with van der Waals surface area (Å²) >= 11 is 1.38. The van der Waals surface area contributed by atoms with Crippen molar-refractivity contribution in [2.75, 3.05) is 10.6 Å². The number of hydrogen-bond donors (Lipinski definition) is 2. The van der Waals surface area contributed by atoms with E-state index in [2.05, 4.69) is 35.8 Å². The Morgan fingerprint density at radius 1 is 1.00 bits per heavy atom. The van der Waals surface area contributed by atoms with Crippen LogP contribution in [-0.4, -0.2) is 14.8 Å². The van der Waals surface area contributed by atoms with Crippen LogP contribution in [0.4, 0.5) is 17.2 Å². The average Bonchev–Trinajstić information content (AvgIpc) is 3.22. The highest BCUT2D eigenvalue weighted by molar-refractivity contribution is 7.06. The number of carbonyl (C=O) groups excluding carboxylic acids is 1. The van der Waals surface area contributed by atoms with Crippen molar-refractivity contribution in [3.8, 4) is 11.1 Å². The van der Waals surface area contributed by atoms with E-state index < -0.39 is 0 Å². The number of carbonyl (C=O) groups is 1. The summed E-state index contributed by atoms with van der Waals surface area (Å²) in [5, 5.41) is 6.19. The maximum Gasteiger partial charge on any atom is 0.274 e. The monoisotopic (exact) mass is 486 g/mol. The van der Waals surface area contributed by atoms with Gasteiger partial charge < -0.3 is 15.2 Å². The third kappa shape index (κ3) is 5.35. The molecule has 0 spiro atoms. The van der Waals surface area contributed by atoms with Crippen LogP contribution >= 0.6 is 11.5 Å². The number of amides is 1. The second-order valence-corrected chi connectivity index (χ2v) is 10.8. The Balaban J connectivity index is 1.63. The highest BCUT2D eigenvalue weighted by atomic mass is 32.1. The lowest BCUT2D eigenvalue weighted by atomic mass is 9.86. The molecule has 0 unspecified atom stereocenters. The predicted molar refractivity (Wildman–Crippen MR) is 145 cm³/mol. The molecule has 35 heavy (non-hydrogen) atoms. The minimum atomic E-state index is -0.160. The van der Waals surface area contributed by atoms with Crippen LogP contribution in [0.5, 0.6) is 0 Å². The highest BCUT2D eigenvalue weighted by Crippen LogP contribution is 2.30. The van der Waals surface area contributed by atoms with Crippen molar-refractivity contribution >= 4 is 34.6 Å². The Bertz CT molecular complexity index is 1440. The van der Waals surface area contributed by atoms with Gasteiger partial charge >= 0.3 is 0 Å². The third-order valence-electron chi connectivity index (χ3n) is 5.98. The molecule has 0 aliphatic rings. The smallest absolute Gasteiger partial charge is 0.274 e. The summed E-state index contributed by atoms with van der Waals surface area (Å²) in [6.45, 7) is 10.4. The lowest BCUT2D eigenvalue weighted by Gasteiger charge is -2.19. The SMILES string of the molecule is Cc1cc(Nc2cc(-c3cccc(NC(=O)c4ccc(C(C)(C)C)cc4)c3C)cn(C)c2=O)ns1. The third-order valence-corrected chi connectivity index (χ3v) is 6.67. The molecule has 0 fully saturated rings. The van der Waals surface area contributed by atoms with Gasteiger partial charge in [0.25, 0.3) is 11.5 Å². The van der Waals surface area contributed by atoms with Crippen LogP contribution < -0.4 is 16.2 Å². The quantitative estimate of drug-likeness (QED) is 0.341. The number of benzene rings is 2. The fourth-order valence-electron chi connectivity index (χ4n) is 3.91. The Morgan fingerprint density at radius 2 is 1.71 bits per heavy atom. The van der Waals surface area contributed by atoms with Crippen LogP contribution in [0.3, 0.4) is 0 Å². The van der Waals surface area contributed by atoms with E-state index in [9.17, 15) is 9.59 Å². The molecule has 6 nitrogen and oxygen atoms in total. The molecule has 7 heteroatoms. The largest absolute Gasteiger partial charge is 0.335 e. The van der Waals surface area contributed by atoms with E-state index in [0.29, 0.717) is 17.1 Å². The van der Waals surface area contributed by atoms with Crippen molar-refractivity contribution in [1.29, 1.82) is 0 Å². The summed E-state index contributed by atoms with van der Waals surface area (Å²) in [4.78, 5) is 26.7. The number of anilines is 3. The molecule has 180 valence electrons. The van der Waals surface area contributed by atoms with Crippen LogP contribution in [0, 0.1) is 13.8 Å². The normalized spacial score (nSPS) is 11.4. The molecular formula is C28H30N4O2S. The van der Waals surface area contributed by atoms with E-state index in [4.69, 9.17) is 0 Å². The van der Waals surface area contributed by atoms with E-state index >= 15 is 0 Å². The van der Waals surface area contributed by atoms with E-state index in [1.807, 2.05) is 68.4 Å². The van der Waals surface area contributed by atoms with Crippen LogP contribution in [0.25, 0.3) is 11.1 Å². The molecule has 2 heterocycles. The molecule has 2 N–H and O–H groups in total. The zero-order chi connectivity index (χ0) is 25.3. The molecule has 0 radical (unpaired) electrons. The standard InChI is InChI=1S/C28H30N4O2S/c1-17-14-25(31-35-17)29-24-15-20(16-32(6)27(24)34)22-8-7-9-23(18(22)2)30-26(33)19-10-12-21(13-11-19)28(3,4)5/h7-16H,1-6H3,(H,29,31)(H,30,33). The van der Waals surface area contributed by atoms with E-state index in [1.54, 1.807) is 17.8 Å². The molecule has 0 saturated carbocycles. The number of rotatable bonds is 5. The molecule has 2 aromatic heterocycles. The van der Waals surface area contributed by atoms with Crippen LogP contribution in [0.15, 0.2) is 65.6 Å². The summed E-state index contributed by atoms with van der Waals surface area (Å²) in [6, 6.07) is 17.2. The molecule has 0 atom stereocenters. The van der Waals surface area contributed by atoms with E-state index in [0.717, 1.165) is 27.3 Å². The summed E-state index contributed by atoms with van der Waals surface area (Å²) in [6.07, 6.45) is 1.80. The van der Waals surface area contributed by atoms with Gasteiger partial charge in [0.2, 0.25) is 0 Å². The molecule has 4 rings (SSSR count). The van der Waals surface area contributed by atoms with Gasteiger partial charge in [0.15, 0.2) is 0 Å². The Morgan fingerprint density at radius 3 is 2.34 bits per heavy atom. The second kappa shape index (κ2) is 9.50. The maximum absolute atomic E-state index is 13.0. The summed E-state index contributed by atoms with van der Waals surface area (Å²) < 4.78 is 5.88. The Labute approximate surface area is 209 Å². The first kappa shape index (κ1) is 24.4. The topological polar surface area (TPSA) is 76.0 Å². The first-order valence-corrected chi connectivity index (χ1v) is 12.2. The first-order valence-electron chi connectivity index (χ1n) is 11.5. The fourth-order valence-corrected chi connectivity index (χ4v) is 4.42. The van der Waals surface area contributed by atoms with Crippen molar-refractivity contribution in [2.45, 2.75) is 40.0 Å².